The number of hydrogen-bond donors (Lipinski definition) is 0. The van der Waals surface area contributed by atoms with Gasteiger partial charge in [-0.05, 0) is 36.1 Å². The smallest absolute Gasteiger partial charge is 0.268 e. The van der Waals surface area contributed by atoms with Gasteiger partial charge in [-0.25, -0.2) is 4.39 Å². The van der Waals surface area contributed by atoms with Crippen molar-refractivity contribution in [2.45, 2.75) is 13.5 Å². The van der Waals surface area contributed by atoms with Gasteiger partial charge in [0.1, 0.15) is 11.7 Å². The van der Waals surface area contributed by atoms with Crippen LogP contribution in [0.25, 0.3) is 0 Å². The Morgan fingerprint density at radius 2 is 2.00 bits per heavy atom. The first-order valence-corrected chi connectivity index (χ1v) is 7.03. The summed E-state index contributed by atoms with van der Waals surface area (Å²) in [6, 6.07) is 9.81. The predicted octanol–water partition coefficient (Wildman–Crippen LogP) is 3.58. The molecule has 1 amide bonds. The summed E-state index contributed by atoms with van der Waals surface area (Å²) in [6.45, 7) is 2.21. The second-order valence-electron chi connectivity index (χ2n) is 4.33. The maximum absolute atomic E-state index is 12.8. The molecule has 0 saturated carbocycles. The zero-order chi connectivity index (χ0) is 14.5. The topological polar surface area (TPSA) is 32.7 Å². The number of carbonyl (C=O) groups excluding carboxylic acids is 1. The standard InChI is InChI=1S/C15H15FN2OS/c1-11(17-10-12-5-7-13(16)8-6-12)18(2)15(19)14-4-3-9-20-14/h3-9H,10H2,1-2H3. The second-order valence-corrected chi connectivity index (χ2v) is 5.28. The van der Waals surface area contributed by atoms with E-state index in [-0.39, 0.29) is 11.7 Å². The van der Waals surface area contributed by atoms with Gasteiger partial charge in [0.2, 0.25) is 0 Å². The summed E-state index contributed by atoms with van der Waals surface area (Å²) in [6.07, 6.45) is 0. The Bertz CT molecular complexity index is 605. The Labute approximate surface area is 121 Å². The fraction of sp³-hybridized carbons (Fsp3) is 0.200. The SMILES string of the molecule is CC(=NCc1ccc(F)cc1)N(C)C(=O)c1cccs1. The van der Waals surface area contributed by atoms with Gasteiger partial charge in [0.25, 0.3) is 5.91 Å². The van der Waals surface area contributed by atoms with Crippen LogP contribution in [0.1, 0.15) is 22.2 Å². The number of amidine groups is 1. The third kappa shape index (κ3) is 3.51. The van der Waals surface area contributed by atoms with E-state index in [1.807, 2.05) is 11.4 Å². The van der Waals surface area contributed by atoms with Gasteiger partial charge in [-0.3, -0.25) is 14.7 Å². The maximum atomic E-state index is 12.8. The fourth-order valence-electron chi connectivity index (χ4n) is 1.61. The van der Waals surface area contributed by atoms with Crippen LogP contribution in [0.5, 0.6) is 0 Å². The van der Waals surface area contributed by atoms with E-state index in [1.165, 1.54) is 28.4 Å². The molecule has 1 heterocycles. The lowest BCUT2D eigenvalue weighted by Gasteiger charge is -2.15. The van der Waals surface area contributed by atoms with Crippen LogP contribution in [0.2, 0.25) is 0 Å². The molecular formula is C15H15FN2OS. The molecule has 0 unspecified atom stereocenters. The molecule has 0 radical (unpaired) electrons. The summed E-state index contributed by atoms with van der Waals surface area (Å²) in [5.74, 6) is 0.299. The summed E-state index contributed by atoms with van der Waals surface area (Å²) in [5.41, 5.74) is 0.905. The zero-order valence-corrected chi connectivity index (χ0v) is 12.2. The molecule has 3 nitrogen and oxygen atoms in total. The fourth-order valence-corrected chi connectivity index (χ4v) is 2.31. The van der Waals surface area contributed by atoms with E-state index in [2.05, 4.69) is 4.99 Å². The van der Waals surface area contributed by atoms with Crippen LogP contribution in [0.4, 0.5) is 4.39 Å². The van der Waals surface area contributed by atoms with E-state index in [4.69, 9.17) is 0 Å². The molecule has 0 spiro atoms. The van der Waals surface area contributed by atoms with Crippen LogP contribution >= 0.6 is 11.3 Å². The number of rotatable bonds is 3. The van der Waals surface area contributed by atoms with Crippen molar-refractivity contribution in [1.82, 2.24) is 4.90 Å². The average Bonchev–Trinajstić information content (AvgIpc) is 2.99. The number of hydrogen-bond acceptors (Lipinski definition) is 3. The van der Waals surface area contributed by atoms with Gasteiger partial charge in [0, 0.05) is 7.05 Å². The number of thiophene rings is 1. The van der Waals surface area contributed by atoms with Crippen molar-refractivity contribution in [3.05, 3.63) is 58.0 Å². The van der Waals surface area contributed by atoms with Crippen LogP contribution in [0.3, 0.4) is 0 Å². The lowest BCUT2D eigenvalue weighted by molar-refractivity contribution is 0.0874. The molecule has 104 valence electrons. The molecule has 0 bridgehead atoms. The molecule has 5 heteroatoms. The number of benzene rings is 1. The van der Waals surface area contributed by atoms with E-state index in [0.29, 0.717) is 17.3 Å². The van der Waals surface area contributed by atoms with Gasteiger partial charge in [-0.2, -0.15) is 0 Å². The van der Waals surface area contributed by atoms with Gasteiger partial charge in [-0.1, -0.05) is 18.2 Å². The molecule has 0 N–H and O–H groups in total. The number of halogens is 1. The van der Waals surface area contributed by atoms with E-state index in [0.717, 1.165) is 5.56 Å². The highest BCUT2D eigenvalue weighted by molar-refractivity contribution is 7.12. The van der Waals surface area contributed by atoms with Gasteiger partial charge in [0.05, 0.1) is 11.4 Å². The Morgan fingerprint density at radius 3 is 2.60 bits per heavy atom. The second kappa shape index (κ2) is 6.43. The van der Waals surface area contributed by atoms with Crippen molar-refractivity contribution in [3.8, 4) is 0 Å². The molecule has 20 heavy (non-hydrogen) atoms. The largest absolute Gasteiger partial charge is 0.299 e. The van der Waals surface area contributed by atoms with Crippen LogP contribution in [0, 0.1) is 5.82 Å². The Kier molecular flexibility index (Phi) is 4.63. The molecular weight excluding hydrogens is 275 g/mol. The summed E-state index contributed by atoms with van der Waals surface area (Å²) in [4.78, 5) is 18.7. The third-order valence-corrected chi connectivity index (χ3v) is 3.78. The summed E-state index contributed by atoms with van der Waals surface area (Å²) >= 11 is 1.40. The highest BCUT2D eigenvalue weighted by Crippen LogP contribution is 2.12. The lowest BCUT2D eigenvalue weighted by Crippen LogP contribution is -2.30. The first-order chi connectivity index (χ1) is 9.58. The Morgan fingerprint density at radius 1 is 1.30 bits per heavy atom. The van der Waals surface area contributed by atoms with E-state index < -0.39 is 0 Å². The lowest BCUT2D eigenvalue weighted by atomic mass is 10.2. The van der Waals surface area contributed by atoms with Crippen molar-refractivity contribution in [2.24, 2.45) is 4.99 Å². The number of amides is 1. The Hall–Kier alpha value is -2.01. The van der Waals surface area contributed by atoms with Crippen LogP contribution in [-0.4, -0.2) is 23.7 Å². The zero-order valence-electron chi connectivity index (χ0n) is 11.3. The van der Waals surface area contributed by atoms with E-state index >= 15 is 0 Å². The minimum Gasteiger partial charge on any atom is -0.299 e. The molecule has 1 aromatic heterocycles. The quantitative estimate of drug-likeness (QED) is 0.628. The van der Waals surface area contributed by atoms with Gasteiger partial charge < -0.3 is 0 Å². The Balaban J connectivity index is 2.02. The van der Waals surface area contributed by atoms with Crippen molar-refractivity contribution < 1.29 is 9.18 Å². The van der Waals surface area contributed by atoms with Crippen molar-refractivity contribution in [1.29, 1.82) is 0 Å². The highest BCUT2D eigenvalue weighted by atomic mass is 32.1. The predicted molar refractivity (Wildman–Crippen MR) is 79.6 cm³/mol. The van der Waals surface area contributed by atoms with Gasteiger partial charge in [0.15, 0.2) is 0 Å². The molecule has 0 aliphatic rings. The summed E-state index contributed by atoms with van der Waals surface area (Å²) < 4.78 is 12.8. The highest BCUT2D eigenvalue weighted by Gasteiger charge is 2.14. The number of carbonyl (C=O) groups is 1. The minimum absolute atomic E-state index is 0.0691. The molecule has 2 aromatic rings. The van der Waals surface area contributed by atoms with E-state index in [9.17, 15) is 9.18 Å². The number of nitrogens with zero attached hydrogens (tertiary/aromatic N) is 2. The first-order valence-electron chi connectivity index (χ1n) is 6.15. The van der Waals surface area contributed by atoms with Crippen LogP contribution in [-0.2, 0) is 6.54 Å². The van der Waals surface area contributed by atoms with E-state index in [1.54, 1.807) is 32.2 Å². The molecule has 2 rings (SSSR count). The molecule has 0 aliphatic carbocycles. The summed E-state index contributed by atoms with van der Waals surface area (Å²) in [5, 5.41) is 1.87. The molecule has 0 fully saturated rings. The van der Waals surface area contributed by atoms with Crippen molar-refractivity contribution in [2.75, 3.05) is 7.05 Å². The van der Waals surface area contributed by atoms with Crippen LogP contribution < -0.4 is 0 Å². The normalized spacial score (nSPS) is 11.4. The molecule has 0 atom stereocenters. The summed E-state index contributed by atoms with van der Waals surface area (Å²) in [7, 11) is 1.70. The monoisotopic (exact) mass is 290 g/mol. The maximum Gasteiger partial charge on any atom is 0.268 e. The van der Waals surface area contributed by atoms with Crippen LogP contribution in [0.15, 0.2) is 46.8 Å². The van der Waals surface area contributed by atoms with Crippen molar-refractivity contribution in [3.63, 3.8) is 0 Å². The number of aliphatic imine (C=N–C) groups is 1. The third-order valence-electron chi connectivity index (χ3n) is 2.93. The molecule has 0 aliphatic heterocycles. The average molecular weight is 290 g/mol. The first kappa shape index (κ1) is 14.4. The van der Waals surface area contributed by atoms with Crippen molar-refractivity contribution >= 4 is 23.1 Å². The molecule has 0 saturated heterocycles. The van der Waals surface area contributed by atoms with Gasteiger partial charge in [-0.15, -0.1) is 11.3 Å². The minimum atomic E-state index is -0.264. The van der Waals surface area contributed by atoms with Gasteiger partial charge >= 0.3 is 0 Å². The molecule has 1 aromatic carbocycles.